The van der Waals surface area contributed by atoms with E-state index in [1.807, 2.05) is 19.1 Å². The fourth-order valence-electron chi connectivity index (χ4n) is 1.98. The highest BCUT2D eigenvalue weighted by Crippen LogP contribution is 2.25. The van der Waals surface area contributed by atoms with Crippen LogP contribution in [0.5, 0.6) is 5.75 Å². The Balaban J connectivity index is 2.15. The maximum atomic E-state index is 12.1. The van der Waals surface area contributed by atoms with Crippen LogP contribution in [0.15, 0.2) is 52.0 Å². The van der Waals surface area contributed by atoms with Crippen LogP contribution in [-0.2, 0) is 4.79 Å². The van der Waals surface area contributed by atoms with Gasteiger partial charge in [0.15, 0.2) is 0 Å². The fourth-order valence-corrected chi connectivity index (χ4v) is 2.36. The summed E-state index contributed by atoms with van der Waals surface area (Å²) in [5, 5.41) is 3.98. The lowest BCUT2D eigenvalue weighted by Gasteiger charge is -2.17. The Kier molecular flexibility index (Phi) is 6.32. The summed E-state index contributed by atoms with van der Waals surface area (Å²) in [6.45, 7) is 7.26. The summed E-state index contributed by atoms with van der Waals surface area (Å²) < 4.78 is 6.26. The maximum absolute atomic E-state index is 12.1. The molecule has 136 valence electrons. The molecule has 5 nitrogen and oxygen atoms in total. The monoisotopic (exact) mass is 416 g/mol. The third-order valence-electron chi connectivity index (χ3n) is 3.44. The minimum absolute atomic E-state index is 0.312. The Morgan fingerprint density at radius 2 is 1.88 bits per heavy atom. The summed E-state index contributed by atoms with van der Waals surface area (Å²) >= 11 is 3.38. The molecular formula is C20H21BrN2O3. The molecule has 6 heteroatoms. The summed E-state index contributed by atoms with van der Waals surface area (Å²) in [5.74, 6) is -0.284. The molecule has 0 atom stereocenters. The predicted molar refractivity (Wildman–Crippen MR) is 105 cm³/mol. The van der Waals surface area contributed by atoms with E-state index in [0.29, 0.717) is 16.9 Å². The van der Waals surface area contributed by atoms with Crippen molar-refractivity contribution in [3.63, 3.8) is 0 Å². The number of hydrogen-bond acceptors (Lipinski definition) is 4. The third-order valence-corrected chi connectivity index (χ3v) is 3.93. The number of halogens is 1. The number of nitrogens with zero attached hydrogens (tertiary/aromatic N) is 1. The van der Waals surface area contributed by atoms with Crippen molar-refractivity contribution in [1.29, 1.82) is 0 Å². The van der Waals surface area contributed by atoms with Gasteiger partial charge in [0.25, 0.3) is 5.91 Å². The molecule has 0 fully saturated rings. The van der Waals surface area contributed by atoms with Gasteiger partial charge >= 0.3 is 5.97 Å². The lowest BCUT2D eigenvalue weighted by Crippen LogP contribution is -2.26. The van der Waals surface area contributed by atoms with Gasteiger partial charge in [-0.1, -0.05) is 33.6 Å². The molecule has 1 N–H and O–H groups in total. The molecule has 26 heavy (non-hydrogen) atoms. The number of esters is 1. The van der Waals surface area contributed by atoms with E-state index >= 15 is 0 Å². The first-order chi connectivity index (χ1) is 12.2. The molecule has 2 aromatic rings. The maximum Gasteiger partial charge on any atom is 0.316 e. The lowest BCUT2D eigenvalue weighted by atomic mass is 9.97. The molecule has 0 heterocycles. The summed E-state index contributed by atoms with van der Waals surface area (Å²) in [5.41, 5.74) is 3.94. The van der Waals surface area contributed by atoms with Crippen molar-refractivity contribution in [2.45, 2.75) is 27.7 Å². The van der Waals surface area contributed by atoms with Crippen LogP contribution in [0.4, 0.5) is 0 Å². The van der Waals surface area contributed by atoms with E-state index in [0.717, 1.165) is 10.0 Å². The number of carbonyl (C=O) groups excluding carboxylic acids is 2. The number of nitrogens with one attached hydrogen (secondary N) is 1. The van der Waals surface area contributed by atoms with Crippen LogP contribution in [0, 0.1) is 12.3 Å². The van der Waals surface area contributed by atoms with Gasteiger partial charge in [0.05, 0.1) is 11.6 Å². The van der Waals surface area contributed by atoms with Crippen molar-refractivity contribution in [3.05, 3.63) is 63.6 Å². The molecule has 0 aromatic heterocycles. The van der Waals surface area contributed by atoms with Crippen molar-refractivity contribution >= 4 is 34.0 Å². The topological polar surface area (TPSA) is 67.8 Å². The second-order valence-electron chi connectivity index (χ2n) is 6.89. The number of amides is 1. The molecule has 0 spiro atoms. The van der Waals surface area contributed by atoms with E-state index in [9.17, 15) is 9.59 Å². The van der Waals surface area contributed by atoms with Crippen LogP contribution in [-0.4, -0.2) is 18.1 Å². The molecule has 0 saturated carbocycles. The Bertz CT molecular complexity index is 854. The first-order valence-electron chi connectivity index (χ1n) is 8.09. The van der Waals surface area contributed by atoms with Crippen molar-refractivity contribution < 1.29 is 14.3 Å². The highest BCUT2D eigenvalue weighted by Gasteiger charge is 2.24. The number of ether oxygens (including phenoxy) is 1. The lowest BCUT2D eigenvalue weighted by molar-refractivity contribution is -0.143. The average Bonchev–Trinajstić information content (AvgIpc) is 2.56. The Hall–Kier alpha value is -2.47. The van der Waals surface area contributed by atoms with E-state index in [1.54, 1.807) is 51.1 Å². The van der Waals surface area contributed by atoms with E-state index in [-0.39, 0.29) is 11.9 Å². The van der Waals surface area contributed by atoms with Gasteiger partial charge in [-0.25, -0.2) is 5.43 Å². The number of aryl methyl sites for hydroxylation is 1. The van der Waals surface area contributed by atoms with Gasteiger partial charge in [0.1, 0.15) is 5.75 Å². The summed E-state index contributed by atoms with van der Waals surface area (Å²) in [4.78, 5) is 24.3. The normalized spacial score (nSPS) is 11.4. The minimum atomic E-state index is -0.624. The molecule has 2 rings (SSSR count). The Morgan fingerprint density at radius 3 is 2.54 bits per heavy atom. The largest absolute Gasteiger partial charge is 0.425 e. The van der Waals surface area contributed by atoms with Crippen molar-refractivity contribution in [2.75, 3.05) is 0 Å². The molecule has 0 saturated heterocycles. The zero-order chi connectivity index (χ0) is 19.3. The molecule has 0 radical (unpaired) electrons. The van der Waals surface area contributed by atoms with Gasteiger partial charge in [0, 0.05) is 15.6 Å². The van der Waals surface area contributed by atoms with Gasteiger partial charge in [-0.2, -0.15) is 5.10 Å². The first kappa shape index (κ1) is 19.8. The van der Waals surface area contributed by atoms with Crippen molar-refractivity contribution in [2.24, 2.45) is 10.5 Å². The molecular weight excluding hydrogens is 396 g/mol. The quantitative estimate of drug-likeness (QED) is 0.345. The van der Waals surface area contributed by atoms with E-state index < -0.39 is 5.41 Å². The molecule has 0 bridgehead atoms. The first-order valence-corrected chi connectivity index (χ1v) is 8.88. The second kappa shape index (κ2) is 8.27. The molecule has 0 aliphatic heterocycles. The smallest absolute Gasteiger partial charge is 0.316 e. The molecule has 2 aromatic carbocycles. The fraction of sp³-hybridized carbons (Fsp3) is 0.250. The SMILES string of the molecule is Cc1cccc(C(=O)N/N=C\c2cc(Br)ccc2OC(=O)C(C)(C)C)c1. The number of hydrazone groups is 1. The minimum Gasteiger partial charge on any atom is -0.425 e. The second-order valence-corrected chi connectivity index (χ2v) is 7.81. The summed E-state index contributed by atoms with van der Waals surface area (Å²) in [6.07, 6.45) is 1.45. The summed E-state index contributed by atoms with van der Waals surface area (Å²) in [7, 11) is 0. The van der Waals surface area contributed by atoms with Gasteiger partial charge in [-0.05, 0) is 58.0 Å². The van der Waals surface area contributed by atoms with Crippen LogP contribution in [0.25, 0.3) is 0 Å². The van der Waals surface area contributed by atoms with Crippen LogP contribution in [0.2, 0.25) is 0 Å². The van der Waals surface area contributed by atoms with Gasteiger partial charge in [-0.3, -0.25) is 9.59 Å². The van der Waals surface area contributed by atoms with E-state index in [1.165, 1.54) is 6.21 Å². The van der Waals surface area contributed by atoms with Crippen LogP contribution < -0.4 is 10.2 Å². The van der Waals surface area contributed by atoms with E-state index in [4.69, 9.17) is 4.74 Å². The van der Waals surface area contributed by atoms with Gasteiger partial charge in [-0.15, -0.1) is 0 Å². The molecule has 0 aliphatic carbocycles. The van der Waals surface area contributed by atoms with Crippen molar-refractivity contribution in [3.8, 4) is 5.75 Å². The van der Waals surface area contributed by atoms with Crippen LogP contribution >= 0.6 is 15.9 Å². The molecule has 0 unspecified atom stereocenters. The van der Waals surface area contributed by atoms with Gasteiger partial charge in [0.2, 0.25) is 0 Å². The Morgan fingerprint density at radius 1 is 1.15 bits per heavy atom. The highest BCUT2D eigenvalue weighted by molar-refractivity contribution is 9.10. The van der Waals surface area contributed by atoms with Crippen LogP contribution in [0.1, 0.15) is 42.3 Å². The van der Waals surface area contributed by atoms with Crippen LogP contribution in [0.3, 0.4) is 0 Å². The number of carbonyl (C=O) groups is 2. The zero-order valence-electron chi connectivity index (χ0n) is 15.2. The number of rotatable bonds is 4. The molecule has 1 amide bonds. The van der Waals surface area contributed by atoms with E-state index in [2.05, 4.69) is 26.5 Å². The average molecular weight is 417 g/mol. The van der Waals surface area contributed by atoms with Gasteiger partial charge < -0.3 is 4.74 Å². The predicted octanol–water partition coefficient (Wildman–Crippen LogP) is 4.47. The third kappa shape index (κ3) is 5.52. The number of hydrogen-bond donors (Lipinski definition) is 1. The summed E-state index contributed by atoms with van der Waals surface area (Å²) in [6, 6.07) is 12.4. The Labute approximate surface area is 161 Å². The highest BCUT2D eigenvalue weighted by atomic mass is 79.9. The standard InChI is InChI=1S/C20H21BrN2O3/c1-13-6-5-7-14(10-13)18(24)23-22-12-15-11-16(21)8-9-17(15)26-19(25)20(2,3)4/h5-12H,1-4H3,(H,23,24)/b22-12-. The van der Waals surface area contributed by atoms with Crippen molar-refractivity contribution in [1.82, 2.24) is 5.43 Å². The zero-order valence-corrected chi connectivity index (χ0v) is 16.8. The number of benzene rings is 2. The molecule has 0 aliphatic rings.